The maximum atomic E-state index is 5.37. The van der Waals surface area contributed by atoms with E-state index in [0.29, 0.717) is 17.7 Å². The molecule has 1 aromatic heterocycles. The van der Waals surface area contributed by atoms with Gasteiger partial charge in [-0.2, -0.15) is 16.7 Å². The predicted molar refractivity (Wildman–Crippen MR) is 76.4 cm³/mol. The maximum absolute atomic E-state index is 5.37. The molecule has 0 aromatic carbocycles. The van der Waals surface area contributed by atoms with Crippen molar-refractivity contribution >= 4 is 11.8 Å². The molecule has 0 spiro atoms. The fourth-order valence-corrected chi connectivity index (χ4v) is 3.55. The van der Waals surface area contributed by atoms with Gasteiger partial charge in [-0.05, 0) is 25.1 Å². The first-order chi connectivity index (χ1) is 9.33. The number of rotatable bonds is 7. The number of aromatic nitrogens is 2. The smallest absolute Gasteiger partial charge is 0.228 e. The Morgan fingerprint density at radius 3 is 3.11 bits per heavy atom. The third-order valence-electron chi connectivity index (χ3n) is 3.23. The van der Waals surface area contributed by atoms with Crippen LogP contribution in [0.4, 0.5) is 0 Å². The van der Waals surface area contributed by atoms with Crippen molar-refractivity contribution in [3.63, 3.8) is 0 Å². The average Bonchev–Trinajstić information content (AvgIpc) is 2.89. The molecule has 1 aliphatic heterocycles. The van der Waals surface area contributed by atoms with E-state index >= 15 is 0 Å². The van der Waals surface area contributed by atoms with E-state index in [1.807, 2.05) is 11.8 Å². The number of nitrogens with one attached hydrogen (secondary N) is 1. The summed E-state index contributed by atoms with van der Waals surface area (Å²) in [4.78, 5) is 4.54. The zero-order valence-electron chi connectivity index (χ0n) is 11.7. The Morgan fingerprint density at radius 1 is 1.53 bits per heavy atom. The summed E-state index contributed by atoms with van der Waals surface area (Å²) in [6.07, 6.45) is 4.47. The van der Waals surface area contributed by atoms with Gasteiger partial charge in [-0.15, -0.1) is 0 Å². The lowest BCUT2D eigenvalue weighted by Gasteiger charge is -2.17. The van der Waals surface area contributed by atoms with Crippen LogP contribution in [0.2, 0.25) is 0 Å². The molecule has 0 saturated carbocycles. The van der Waals surface area contributed by atoms with Gasteiger partial charge < -0.3 is 14.6 Å². The van der Waals surface area contributed by atoms with Gasteiger partial charge in [0, 0.05) is 19.6 Å². The van der Waals surface area contributed by atoms with Gasteiger partial charge in [0.15, 0.2) is 5.82 Å². The van der Waals surface area contributed by atoms with Crippen molar-refractivity contribution < 1.29 is 9.26 Å². The summed E-state index contributed by atoms with van der Waals surface area (Å²) in [5.74, 6) is 2.79. The van der Waals surface area contributed by atoms with E-state index in [2.05, 4.69) is 22.4 Å². The molecule has 5 nitrogen and oxygen atoms in total. The predicted octanol–water partition coefficient (Wildman–Crippen LogP) is 2.19. The van der Waals surface area contributed by atoms with E-state index in [1.165, 1.54) is 25.0 Å². The molecule has 6 heteroatoms. The SMILES string of the molecule is CCNC(COC)Cc1nc(C2CCCCS2)no1. The second-order valence-corrected chi connectivity index (χ2v) is 6.13. The Labute approximate surface area is 118 Å². The monoisotopic (exact) mass is 285 g/mol. The average molecular weight is 285 g/mol. The van der Waals surface area contributed by atoms with Crippen LogP contribution >= 0.6 is 11.8 Å². The lowest BCUT2D eigenvalue weighted by molar-refractivity contribution is 0.162. The van der Waals surface area contributed by atoms with Crippen LogP contribution in [0.1, 0.15) is 43.2 Å². The van der Waals surface area contributed by atoms with Gasteiger partial charge in [0.05, 0.1) is 11.9 Å². The summed E-state index contributed by atoms with van der Waals surface area (Å²) >= 11 is 1.94. The number of likely N-dealkylation sites (N-methyl/N-ethyl adjacent to an activating group) is 1. The van der Waals surface area contributed by atoms with Gasteiger partial charge in [0.1, 0.15) is 0 Å². The van der Waals surface area contributed by atoms with Crippen LogP contribution in [0.3, 0.4) is 0 Å². The molecule has 0 radical (unpaired) electrons. The largest absolute Gasteiger partial charge is 0.383 e. The molecule has 2 rings (SSSR count). The summed E-state index contributed by atoms with van der Waals surface area (Å²) < 4.78 is 10.6. The molecule has 2 unspecified atom stereocenters. The Morgan fingerprint density at radius 2 is 2.42 bits per heavy atom. The van der Waals surface area contributed by atoms with Gasteiger partial charge in [0.25, 0.3) is 0 Å². The first kappa shape index (κ1) is 14.8. The molecule has 0 aliphatic carbocycles. The second-order valence-electron chi connectivity index (χ2n) is 4.82. The third-order valence-corrected chi connectivity index (χ3v) is 4.61. The second kappa shape index (κ2) is 7.87. The molecule has 1 aliphatic rings. The van der Waals surface area contributed by atoms with Crippen molar-refractivity contribution in [2.24, 2.45) is 0 Å². The van der Waals surface area contributed by atoms with Crippen molar-refractivity contribution in [1.82, 2.24) is 15.5 Å². The maximum Gasteiger partial charge on any atom is 0.228 e. The minimum absolute atomic E-state index is 0.238. The van der Waals surface area contributed by atoms with Crippen molar-refractivity contribution in [3.05, 3.63) is 11.7 Å². The number of ether oxygens (including phenoxy) is 1. The summed E-state index contributed by atoms with van der Waals surface area (Å²) in [6.45, 7) is 3.65. The number of nitrogens with zero attached hydrogens (tertiary/aromatic N) is 2. The van der Waals surface area contributed by atoms with Crippen LogP contribution in [0.25, 0.3) is 0 Å². The number of hydrogen-bond donors (Lipinski definition) is 1. The van der Waals surface area contributed by atoms with Gasteiger partial charge in [-0.1, -0.05) is 18.5 Å². The van der Waals surface area contributed by atoms with Crippen LogP contribution in [0, 0.1) is 0 Å². The van der Waals surface area contributed by atoms with Crippen molar-refractivity contribution in [1.29, 1.82) is 0 Å². The first-order valence-electron chi connectivity index (χ1n) is 7.00. The zero-order chi connectivity index (χ0) is 13.5. The number of hydrogen-bond acceptors (Lipinski definition) is 6. The molecule has 2 heterocycles. The van der Waals surface area contributed by atoms with E-state index in [0.717, 1.165) is 18.8 Å². The molecule has 1 fully saturated rings. The molecule has 1 N–H and O–H groups in total. The highest BCUT2D eigenvalue weighted by Gasteiger charge is 2.22. The molecule has 0 bridgehead atoms. The van der Waals surface area contributed by atoms with Crippen LogP contribution < -0.4 is 5.32 Å². The highest BCUT2D eigenvalue weighted by atomic mass is 32.2. The fourth-order valence-electron chi connectivity index (χ4n) is 2.32. The zero-order valence-corrected chi connectivity index (χ0v) is 12.5. The van der Waals surface area contributed by atoms with E-state index in [1.54, 1.807) is 7.11 Å². The Balaban J connectivity index is 1.91. The normalized spacial score (nSPS) is 21.5. The van der Waals surface area contributed by atoms with E-state index < -0.39 is 0 Å². The van der Waals surface area contributed by atoms with Gasteiger partial charge in [-0.25, -0.2) is 0 Å². The molecular formula is C13H23N3O2S. The topological polar surface area (TPSA) is 60.2 Å². The number of thioether (sulfide) groups is 1. The minimum Gasteiger partial charge on any atom is -0.383 e. The minimum atomic E-state index is 0.238. The summed E-state index contributed by atoms with van der Waals surface area (Å²) in [6, 6.07) is 0.238. The third kappa shape index (κ3) is 4.47. The van der Waals surface area contributed by atoms with Crippen molar-refractivity contribution in [3.8, 4) is 0 Å². The van der Waals surface area contributed by atoms with Crippen LogP contribution in [-0.2, 0) is 11.2 Å². The molecule has 2 atom stereocenters. The van der Waals surface area contributed by atoms with Crippen molar-refractivity contribution in [2.45, 2.75) is 43.9 Å². The molecule has 19 heavy (non-hydrogen) atoms. The molecule has 0 amide bonds. The van der Waals surface area contributed by atoms with Crippen LogP contribution in [-0.4, -0.2) is 42.2 Å². The lowest BCUT2D eigenvalue weighted by Crippen LogP contribution is -2.35. The standard InChI is InChI=1S/C13H23N3O2S/c1-3-14-10(9-17-2)8-12-15-13(16-18-12)11-6-4-5-7-19-11/h10-11,14H,3-9H2,1-2H3. The van der Waals surface area contributed by atoms with Gasteiger partial charge in [-0.3, -0.25) is 0 Å². The van der Waals surface area contributed by atoms with E-state index in [9.17, 15) is 0 Å². The van der Waals surface area contributed by atoms with E-state index in [-0.39, 0.29) is 6.04 Å². The van der Waals surface area contributed by atoms with E-state index in [4.69, 9.17) is 9.26 Å². The molecule has 108 valence electrons. The van der Waals surface area contributed by atoms with Gasteiger partial charge in [0.2, 0.25) is 5.89 Å². The quantitative estimate of drug-likeness (QED) is 0.828. The first-order valence-corrected chi connectivity index (χ1v) is 8.04. The fraction of sp³-hybridized carbons (Fsp3) is 0.846. The summed E-state index contributed by atoms with van der Waals surface area (Å²) in [5.41, 5.74) is 0. The lowest BCUT2D eigenvalue weighted by atomic mass is 10.2. The molecular weight excluding hydrogens is 262 g/mol. The van der Waals surface area contributed by atoms with Crippen LogP contribution in [0.5, 0.6) is 0 Å². The molecule has 1 saturated heterocycles. The highest BCUT2D eigenvalue weighted by Crippen LogP contribution is 2.36. The Kier molecular flexibility index (Phi) is 6.13. The van der Waals surface area contributed by atoms with Gasteiger partial charge >= 0.3 is 0 Å². The summed E-state index contributed by atoms with van der Waals surface area (Å²) in [5, 5.41) is 7.92. The molecule has 1 aromatic rings. The van der Waals surface area contributed by atoms with Crippen molar-refractivity contribution in [2.75, 3.05) is 26.0 Å². The Hall–Kier alpha value is -0.590. The van der Waals surface area contributed by atoms with Crippen LogP contribution in [0.15, 0.2) is 4.52 Å². The summed E-state index contributed by atoms with van der Waals surface area (Å²) in [7, 11) is 1.71. The Bertz CT molecular complexity index is 361. The number of methoxy groups -OCH3 is 1. The highest BCUT2D eigenvalue weighted by molar-refractivity contribution is 7.99.